The molecular formula is C18H19FO2. The lowest BCUT2D eigenvalue weighted by atomic mass is 9.86. The van der Waals surface area contributed by atoms with Crippen LogP contribution in [0.1, 0.15) is 42.3 Å². The lowest BCUT2D eigenvalue weighted by Crippen LogP contribution is -2.12. The van der Waals surface area contributed by atoms with Gasteiger partial charge in [-0.25, -0.2) is 4.39 Å². The summed E-state index contributed by atoms with van der Waals surface area (Å²) in [5.41, 5.74) is 1.56. The Morgan fingerprint density at radius 1 is 1.05 bits per heavy atom. The quantitative estimate of drug-likeness (QED) is 0.783. The minimum absolute atomic E-state index is 0.0112. The third-order valence-electron chi connectivity index (χ3n) is 3.44. The average molecular weight is 286 g/mol. The zero-order chi connectivity index (χ0) is 15.6. The molecule has 2 nitrogen and oxygen atoms in total. The van der Waals surface area contributed by atoms with Gasteiger partial charge < -0.3 is 4.74 Å². The lowest BCUT2D eigenvalue weighted by Gasteiger charge is -2.19. The third kappa shape index (κ3) is 3.13. The van der Waals surface area contributed by atoms with E-state index in [0.29, 0.717) is 5.56 Å². The molecule has 0 unspecified atom stereocenters. The standard InChI is InChI=1S/C18H19FO2/c1-18(2,3)13-10-8-12(9-11-13)17(20)16-14(19)6-5-7-15(16)21-4/h5-11H,1-4H3. The van der Waals surface area contributed by atoms with Crippen molar-refractivity contribution in [3.05, 3.63) is 65.0 Å². The summed E-state index contributed by atoms with van der Waals surface area (Å²) in [5, 5.41) is 0. The summed E-state index contributed by atoms with van der Waals surface area (Å²) in [4.78, 5) is 12.5. The zero-order valence-electron chi connectivity index (χ0n) is 12.7. The van der Waals surface area contributed by atoms with E-state index in [1.54, 1.807) is 18.2 Å². The predicted molar refractivity (Wildman–Crippen MR) is 81.5 cm³/mol. The molecule has 0 saturated carbocycles. The lowest BCUT2D eigenvalue weighted by molar-refractivity contribution is 0.103. The van der Waals surface area contributed by atoms with Crippen molar-refractivity contribution in [2.24, 2.45) is 0 Å². The van der Waals surface area contributed by atoms with Crippen LogP contribution in [0.4, 0.5) is 4.39 Å². The van der Waals surface area contributed by atoms with Gasteiger partial charge in [0.05, 0.1) is 7.11 Å². The molecule has 0 N–H and O–H groups in total. The van der Waals surface area contributed by atoms with Crippen LogP contribution in [0.3, 0.4) is 0 Å². The highest BCUT2D eigenvalue weighted by Crippen LogP contribution is 2.26. The molecule has 0 aromatic heterocycles. The molecule has 0 radical (unpaired) electrons. The van der Waals surface area contributed by atoms with Gasteiger partial charge in [0.15, 0.2) is 5.78 Å². The maximum Gasteiger partial charge on any atom is 0.199 e. The van der Waals surface area contributed by atoms with E-state index < -0.39 is 5.82 Å². The van der Waals surface area contributed by atoms with Crippen LogP contribution in [-0.4, -0.2) is 12.9 Å². The number of ketones is 1. The molecule has 2 aromatic rings. The summed E-state index contributed by atoms with van der Waals surface area (Å²) in [6, 6.07) is 11.6. The van der Waals surface area contributed by atoms with Crippen molar-refractivity contribution < 1.29 is 13.9 Å². The maximum atomic E-state index is 13.9. The number of hydrogen-bond acceptors (Lipinski definition) is 2. The number of benzene rings is 2. The van der Waals surface area contributed by atoms with E-state index in [1.165, 1.54) is 19.2 Å². The number of ether oxygens (including phenoxy) is 1. The summed E-state index contributed by atoms with van der Waals surface area (Å²) in [5.74, 6) is -0.690. The smallest absolute Gasteiger partial charge is 0.199 e. The molecule has 0 bridgehead atoms. The van der Waals surface area contributed by atoms with Crippen LogP contribution in [0, 0.1) is 5.82 Å². The van der Waals surface area contributed by atoms with Crippen LogP contribution in [0.15, 0.2) is 42.5 Å². The van der Waals surface area contributed by atoms with Gasteiger partial charge in [0.1, 0.15) is 17.1 Å². The molecule has 0 aliphatic heterocycles. The van der Waals surface area contributed by atoms with E-state index in [0.717, 1.165) is 5.56 Å². The molecule has 0 saturated heterocycles. The van der Waals surface area contributed by atoms with Crippen LogP contribution < -0.4 is 4.74 Å². The molecule has 2 rings (SSSR count). The summed E-state index contributed by atoms with van der Waals surface area (Å²) in [7, 11) is 1.42. The van der Waals surface area contributed by atoms with Gasteiger partial charge >= 0.3 is 0 Å². The Kier molecular flexibility index (Phi) is 4.12. The fraction of sp³-hybridized carbons (Fsp3) is 0.278. The van der Waals surface area contributed by atoms with Crippen molar-refractivity contribution in [2.45, 2.75) is 26.2 Å². The number of carbonyl (C=O) groups is 1. The zero-order valence-corrected chi connectivity index (χ0v) is 12.7. The van der Waals surface area contributed by atoms with Gasteiger partial charge in [-0.1, -0.05) is 51.1 Å². The van der Waals surface area contributed by atoms with Crippen LogP contribution >= 0.6 is 0 Å². The highest BCUT2D eigenvalue weighted by molar-refractivity contribution is 6.10. The number of hydrogen-bond donors (Lipinski definition) is 0. The molecule has 0 fully saturated rings. The Bertz CT molecular complexity index is 652. The van der Waals surface area contributed by atoms with Crippen molar-refractivity contribution in [1.29, 1.82) is 0 Å². The molecule has 0 atom stereocenters. The van der Waals surface area contributed by atoms with Gasteiger partial charge in [0.25, 0.3) is 0 Å². The molecule has 0 aliphatic carbocycles. The first-order valence-corrected chi connectivity index (χ1v) is 6.82. The third-order valence-corrected chi connectivity index (χ3v) is 3.44. The number of carbonyl (C=O) groups excluding carboxylic acids is 1. The minimum Gasteiger partial charge on any atom is -0.496 e. The van der Waals surface area contributed by atoms with E-state index in [4.69, 9.17) is 4.74 Å². The van der Waals surface area contributed by atoms with Gasteiger partial charge in [-0.2, -0.15) is 0 Å². The number of rotatable bonds is 3. The number of halogens is 1. The molecular weight excluding hydrogens is 267 g/mol. The summed E-state index contributed by atoms with van der Waals surface area (Å²) in [6.45, 7) is 6.30. The molecule has 3 heteroatoms. The molecule has 2 aromatic carbocycles. The van der Waals surface area contributed by atoms with Crippen LogP contribution in [0.25, 0.3) is 0 Å². The maximum absolute atomic E-state index is 13.9. The topological polar surface area (TPSA) is 26.3 Å². The van der Waals surface area contributed by atoms with Gasteiger partial charge in [0.2, 0.25) is 0 Å². The first-order chi connectivity index (χ1) is 9.84. The molecule has 0 aliphatic rings. The van der Waals surface area contributed by atoms with Crippen molar-refractivity contribution in [3.8, 4) is 5.75 Å². The molecule has 0 amide bonds. The van der Waals surface area contributed by atoms with Crippen molar-refractivity contribution in [2.75, 3.05) is 7.11 Å². The van der Waals surface area contributed by atoms with Crippen molar-refractivity contribution in [1.82, 2.24) is 0 Å². The number of methoxy groups -OCH3 is 1. The van der Waals surface area contributed by atoms with Crippen LogP contribution in [-0.2, 0) is 5.41 Å². The summed E-state index contributed by atoms with van der Waals surface area (Å²) >= 11 is 0. The second-order valence-electron chi connectivity index (χ2n) is 5.97. The van der Waals surface area contributed by atoms with Crippen LogP contribution in [0.2, 0.25) is 0 Å². The van der Waals surface area contributed by atoms with Crippen LogP contribution in [0.5, 0.6) is 5.75 Å². The highest BCUT2D eigenvalue weighted by Gasteiger charge is 2.20. The fourth-order valence-electron chi connectivity index (χ4n) is 2.16. The average Bonchev–Trinajstić information content (AvgIpc) is 2.45. The SMILES string of the molecule is COc1cccc(F)c1C(=O)c1ccc(C(C)(C)C)cc1. The van der Waals surface area contributed by atoms with E-state index >= 15 is 0 Å². The first kappa shape index (κ1) is 15.2. The molecule has 110 valence electrons. The normalized spacial score (nSPS) is 11.3. The van der Waals surface area contributed by atoms with E-state index in [2.05, 4.69) is 20.8 Å². The van der Waals surface area contributed by atoms with Gasteiger partial charge in [0, 0.05) is 5.56 Å². The predicted octanol–water partition coefficient (Wildman–Crippen LogP) is 4.36. The minimum atomic E-state index is -0.570. The summed E-state index contributed by atoms with van der Waals surface area (Å²) < 4.78 is 19.0. The Hall–Kier alpha value is -2.16. The van der Waals surface area contributed by atoms with E-state index in [1.807, 2.05) is 12.1 Å². The second kappa shape index (κ2) is 5.68. The van der Waals surface area contributed by atoms with Crippen molar-refractivity contribution >= 4 is 5.78 Å². The van der Waals surface area contributed by atoms with Gasteiger partial charge in [-0.05, 0) is 23.1 Å². The Morgan fingerprint density at radius 3 is 2.19 bits per heavy atom. The fourth-order valence-corrected chi connectivity index (χ4v) is 2.16. The molecule has 0 spiro atoms. The molecule has 21 heavy (non-hydrogen) atoms. The monoisotopic (exact) mass is 286 g/mol. The Balaban J connectivity index is 2.42. The second-order valence-corrected chi connectivity index (χ2v) is 5.97. The highest BCUT2D eigenvalue weighted by atomic mass is 19.1. The summed E-state index contributed by atoms with van der Waals surface area (Å²) in [6.07, 6.45) is 0. The van der Waals surface area contributed by atoms with Gasteiger partial charge in [-0.15, -0.1) is 0 Å². The van der Waals surface area contributed by atoms with Crippen molar-refractivity contribution in [3.63, 3.8) is 0 Å². The molecule has 0 heterocycles. The van der Waals surface area contributed by atoms with Gasteiger partial charge in [-0.3, -0.25) is 4.79 Å². The Morgan fingerprint density at radius 2 is 1.67 bits per heavy atom. The van der Waals surface area contributed by atoms with E-state index in [9.17, 15) is 9.18 Å². The Labute approximate surface area is 124 Å². The van der Waals surface area contributed by atoms with E-state index in [-0.39, 0.29) is 22.5 Å². The first-order valence-electron chi connectivity index (χ1n) is 6.82. The largest absolute Gasteiger partial charge is 0.496 e.